The van der Waals surface area contributed by atoms with Crippen molar-refractivity contribution in [3.05, 3.63) is 12.2 Å². The van der Waals surface area contributed by atoms with Gasteiger partial charge in [0.05, 0.1) is 6.10 Å². The Bertz CT molecular complexity index is 384. The van der Waals surface area contributed by atoms with Crippen LogP contribution in [0.5, 0.6) is 0 Å². The molecule has 1 fully saturated rings. The van der Waals surface area contributed by atoms with E-state index in [0.717, 1.165) is 32.1 Å². The van der Waals surface area contributed by atoms with E-state index in [1.807, 2.05) is 0 Å². The van der Waals surface area contributed by atoms with Gasteiger partial charge in [0.25, 0.3) is 0 Å². The van der Waals surface area contributed by atoms with Crippen LogP contribution in [0.1, 0.15) is 32.1 Å². The zero-order valence-electron chi connectivity index (χ0n) is 11.7. The van der Waals surface area contributed by atoms with Gasteiger partial charge in [0.2, 0.25) is 0 Å². The first-order chi connectivity index (χ1) is 10.0. The zero-order chi connectivity index (χ0) is 15.4. The van der Waals surface area contributed by atoms with Crippen molar-refractivity contribution in [2.24, 2.45) is 0 Å². The fourth-order valence-corrected chi connectivity index (χ4v) is 2.62. The van der Waals surface area contributed by atoms with Crippen LogP contribution in [0.4, 0.5) is 0 Å². The molecular formula is C14H22O7. The summed E-state index contributed by atoms with van der Waals surface area (Å²) < 4.78 is 10.8. The van der Waals surface area contributed by atoms with Crippen molar-refractivity contribution in [3.8, 4) is 0 Å². The van der Waals surface area contributed by atoms with Crippen LogP contribution in [0.2, 0.25) is 0 Å². The number of carboxylic acids is 1. The molecule has 0 spiro atoms. The molecule has 120 valence electrons. The van der Waals surface area contributed by atoms with Gasteiger partial charge in [0, 0.05) is 0 Å². The van der Waals surface area contributed by atoms with Crippen molar-refractivity contribution < 1.29 is 34.7 Å². The van der Waals surface area contributed by atoms with Gasteiger partial charge in [-0.05, 0) is 32.1 Å². The number of ether oxygens (including phenoxy) is 2. The molecule has 4 N–H and O–H groups in total. The standard InChI is InChI=1S/C14H22O7/c15-9-10(16)12(13(18)19)21-14(11(9)17)20-8-6-4-2-1-3-5-7-8/h1-2,8-12,14-17H,3-7H2,(H,18,19)/b2-1-/t8?,9-,10-,11+,12-,14+/m0/s1. The molecule has 0 amide bonds. The van der Waals surface area contributed by atoms with Crippen LogP contribution in [0, 0.1) is 0 Å². The molecule has 1 saturated heterocycles. The first-order valence-electron chi connectivity index (χ1n) is 7.23. The Labute approximate surface area is 122 Å². The van der Waals surface area contributed by atoms with E-state index < -0.39 is 36.7 Å². The Morgan fingerprint density at radius 3 is 2.48 bits per heavy atom. The van der Waals surface area contributed by atoms with Crippen molar-refractivity contribution in [2.75, 3.05) is 0 Å². The highest BCUT2D eigenvalue weighted by Crippen LogP contribution is 2.26. The van der Waals surface area contributed by atoms with Crippen molar-refractivity contribution in [1.29, 1.82) is 0 Å². The number of hydrogen-bond acceptors (Lipinski definition) is 6. The van der Waals surface area contributed by atoms with Gasteiger partial charge >= 0.3 is 5.97 Å². The molecular weight excluding hydrogens is 280 g/mol. The molecule has 0 aromatic carbocycles. The number of rotatable bonds is 3. The van der Waals surface area contributed by atoms with E-state index in [1.54, 1.807) is 0 Å². The average molecular weight is 302 g/mol. The van der Waals surface area contributed by atoms with Crippen LogP contribution in [-0.4, -0.2) is 63.2 Å². The molecule has 0 saturated carbocycles. The van der Waals surface area contributed by atoms with Gasteiger partial charge in [-0.2, -0.15) is 0 Å². The summed E-state index contributed by atoms with van der Waals surface area (Å²) in [6, 6.07) is 0. The summed E-state index contributed by atoms with van der Waals surface area (Å²) in [7, 11) is 0. The third-order valence-electron chi connectivity index (χ3n) is 3.86. The van der Waals surface area contributed by atoms with Crippen LogP contribution in [-0.2, 0) is 14.3 Å². The smallest absolute Gasteiger partial charge is 0.335 e. The Balaban J connectivity index is 2.00. The predicted octanol–water partition coefficient (Wildman–Crippen LogP) is -0.216. The summed E-state index contributed by atoms with van der Waals surface area (Å²) in [4.78, 5) is 11.0. The van der Waals surface area contributed by atoms with Crippen molar-refractivity contribution >= 4 is 5.97 Å². The number of carboxylic acid groups (broad SMARTS) is 1. The topological polar surface area (TPSA) is 116 Å². The first kappa shape index (κ1) is 16.4. The molecule has 2 rings (SSSR count). The number of aliphatic hydroxyl groups excluding tert-OH is 3. The van der Waals surface area contributed by atoms with Gasteiger partial charge < -0.3 is 29.9 Å². The van der Waals surface area contributed by atoms with Gasteiger partial charge in [0.1, 0.15) is 18.3 Å². The second-order valence-corrected chi connectivity index (χ2v) is 5.47. The Hall–Kier alpha value is -0.990. The van der Waals surface area contributed by atoms with Gasteiger partial charge in [0.15, 0.2) is 12.4 Å². The fourth-order valence-electron chi connectivity index (χ4n) is 2.62. The number of hydrogen-bond donors (Lipinski definition) is 4. The van der Waals surface area contributed by atoms with E-state index in [-0.39, 0.29) is 6.10 Å². The van der Waals surface area contributed by atoms with E-state index in [2.05, 4.69) is 12.2 Å². The minimum atomic E-state index is -1.68. The van der Waals surface area contributed by atoms with E-state index >= 15 is 0 Å². The lowest BCUT2D eigenvalue weighted by molar-refractivity contribution is -0.305. The van der Waals surface area contributed by atoms with Crippen LogP contribution in [0.15, 0.2) is 12.2 Å². The Kier molecular flexibility index (Phi) is 5.72. The number of aliphatic carboxylic acids is 1. The molecule has 1 aliphatic carbocycles. The summed E-state index contributed by atoms with van der Waals surface area (Å²) in [5.74, 6) is -1.40. The highest BCUT2D eigenvalue weighted by molar-refractivity contribution is 5.73. The Morgan fingerprint density at radius 1 is 1.05 bits per heavy atom. The Morgan fingerprint density at radius 2 is 1.76 bits per heavy atom. The molecule has 7 nitrogen and oxygen atoms in total. The van der Waals surface area contributed by atoms with Gasteiger partial charge in [-0.3, -0.25) is 0 Å². The lowest BCUT2D eigenvalue weighted by atomic mass is 9.98. The molecule has 2 aliphatic rings. The number of aliphatic hydroxyl groups is 3. The van der Waals surface area contributed by atoms with E-state index in [1.165, 1.54) is 0 Å². The van der Waals surface area contributed by atoms with Crippen LogP contribution in [0.25, 0.3) is 0 Å². The number of carbonyl (C=O) groups is 1. The fraction of sp³-hybridized carbons (Fsp3) is 0.786. The second-order valence-electron chi connectivity index (χ2n) is 5.47. The first-order valence-corrected chi connectivity index (χ1v) is 7.23. The molecule has 1 heterocycles. The molecule has 0 bridgehead atoms. The summed E-state index contributed by atoms with van der Waals surface area (Å²) in [5, 5.41) is 38.2. The lowest BCUT2D eigenvalue weighted by Gasteiger charge is -2.40. The lowest BCUT2D eigenvalue weighted by Crippen LogP contribution is -2.60. The van der Waals surface area contributed by atoms with Crippen molar-refractivity contribution in [2.45, 2.75) is 68.9 Å². The highest BCUT2D eigenvalue weighted by atomic mass is 16.7. The van der Waals surface area contributed by atoms with E-state index in [9.17, 15) is 20.1 Å². The summed E-state index contributed by atoms with van der Waals surface area (Å²) in [5.41, 5.74) is 0. The minimum Gasteiger partial charge on any atom is -0.479 e. The molecule has 1 aliphatic heterocycles. The molecule has 0 radical (unpaired) electrons. The van der Waals surface area contributed by atoms with Crippen LogP contribution in [0.3, 0.4) is 0 Å². The summed E-state index contributed by atoms with van der Waals surface area (Å²) in [6.07, 6.45) is 0.590. The third-order valence-corrected chi connectivity index (χ3v) is 3.86. The molecule has 0 aromatic heterocycles. The minimum absolute atomic E-state index is 0.175. The van der Waals surface area contributed by atoms with Crippen LogP contribution < -0.4 is 0 Å². The monoisotopic (exact) mass is 302 g/mol. The maximum atomic E-state index is 11.0. The van der Waals surface area contributed by atoms with E-state index in [4.69, 9.17) is 14.6 Å². The molecule has 7 heteroatoms. The van der Waals surface area contributed by atoms with Crippen molar-refractivity contribution in [3.63, 3.8) is 0 Å². The highest BCUT2D eigenvalue weighted by Gasteiger charge is 2.47. The molecule has 0 aromatic rings. The largest absolute Gasteiger partial charge is 0.479 e. The maximum Gasteiger partial charge on any atom is 0.335 e. The zero-order valence-corrected chi connectivity index (χ0v) is 11.7. The van der Waals surface area contributed by atoms with Gasteiger partial charge in [-0.25, -0.2) is 4.79 Å². The molecule has 6 atom stereocenters. The second kappa shape index (κ2) is 7.33. The average Bonchev–Trinajstić information content (AvgIpc) is 2.41. The van der Waals surface area contributed by atoms with Gasteiger partial charge in [-0.15, -0.1) is 0 Å². The SMILES string of the molecule is O=C(O)[C@H]1O[C@@H](OC2CC/C=C\CCC2)[C@H](O)[C@@H](O)[C@@H]1O. The normalized spacial score (nSPS) is 42.8. The van der Waals surface area contributed by atoms with Crippen LogP contribution >= 0.6 is 0 Å². The third kappa shape index (κ3) is 4.02. The number of allylic oxidation sites excluding steroid dienone is 2. The molecule has 21 heavy (non-hydrogen) atoms. The van der Waals surface area contributed by atoms with Gasteiger partial charge in [-0.1, -0.05) is 12.2 Å². The quantitative estimate of drug-likeness (QED) is 0.533. The van der Waals surface area contributed by atoms with Crippen molar-refractivity contribution in [1.82, 2.24) is 0 Å². The molecule has 1 unspecified atom stereocenters. The maximum absolute atomic E-state index is 11.0. The summed E-state index contributed by atoms with van der Waals surface area (Å²) >= 11 is 0. The predicted molar refractivity (Wildman–Crippen MR) is 71.4 cm³/mol. The van der Waals surface area contributed by atoms with E-state index in [0.29, 0.717) is 0 Å². The summed E-state index contributed by atoms with van der Waals surface area (Å²) in [6.45, 7) is 0.